The molecular weight excluding hydrogens is 524 g/mol. The van der Waals surface area contributed by atoms with Gasteiger partial charge in [-0.25, -0.2) is 4.79 Å². The van der Waals surface area contributed by atoms with Gasteiger partial charge in [0.1, 0.15) is 0 Å². The molecule has 0 spiro atoms. The number of alkyl halides is 6. The smallest absolute Gasteiger partial charge is 0.318 e. The minimum atomic E-state index is -4.60. The minimum Gasteiger partial charge on any atom is -0.318 e. The number of halogens is 6. The zero-order chi connectivity index (χ0) is 28.4. The van der Waals surface area contributed by atoms with Crippen LogP contribution in [0.15, 0.2) is 78.0 Å². The number of fused-ring (bicyclic) bond motifs is 3. The van der Waals surface area contributed by atoms with Crippen LogP contribution in [0.4, 0.5) is 26.3 Å². The van der Waals surface area contributed by atoms with E-state index in [2.05, 4.69) is 5.16 Å². The van der Waals surface area contributed by atoms with Gasteiger partial charge in [-0.2, -0.15) is 26.3 Å². The number of rotatable bonds is 8. The Hall–Kier alpha value is -3.95. The Kier molecular flexibility index (Phi) is 7.68. The molecule has 4 nitrogen and oxygen atoms in total. The number of carbonyl (C=O) groups excluding carboxylic acids is 2. The lowest BCUT2D eigenvalue weighted by Crippen LogP contribution is -2.30. The predicted octanol–water partition coefficient (Wildman–Crippen LogP) is 7.79. The zero-order valence-corrected chi connectivity index (χ0v) is 20.7. The molecule has 0 unspecified atom stereocenters. The molecule has 3 aromatic rings. The summed E-state index contributed by atoms with van der Waals surface area (Å²) in [5.41, 5.74) is -0.0203. The fraction of sp³-hybridized carbons (Fsp3) is 0.276. The first-order valence-corrected chi connectivity index (χ1v) is 12.0. The average Bonchev–Trinajstić information content (AvgIpc) is 3.15. The molecule has 1 aliphatic carbocycles. The fourth-order valence-electron chi connectivity index (χ4n) is 5.04. The number of ketones is 1. The van der Waals surface area contributed by atoms with Crippen molar-refractivity contribution >= 4 is 17.5 Å². The first kappa shape index (κ1) is 28.1. The van der Waals surface area contributed by atoms with Gasteiger partial charge in [0.25, 0.3) is 0 Å². The summed E-state index contributed by atoms with van der Waals surface area (Å²) in [6.07, 6.45) is -13.1. The molecule has 3 aromatic carbocycles. The summed E-state index contributed by atoms with van der Waals surface area (Å²) in [4.78, 5) is 29.7. The van der Waals surface area contributed by atoms with Crippen molar-refractivity contribution in [2.75, 3.05) is 0 Å². The molecule has 0 amide bonds. The highest BCUT2D eigenvalue weighted by Crippen LogP contribution is 2.55. The van der Waals surface area contributed by atoms with Crippen LogP contribution in [0.5, 0.6) is 0 Å². The van der Waals surface area contributed by atoms with Crippen LogP contribution in [0.3, 0.4) is 0 Å². The van der Waals surface area contributed by atoms with Crippen molar-refractivity contribution in [3.05, 3.63) is 95.1 Å². The van der Waals surface area contributed by atoms with Crippen molar-refractivity contribution in [2.45, 2.75) is 50.4 Å². The highest BCUT2D eigenvalue weighted by atomic mass is 19.4. The van der Waals surface area contributed by atoms with Gasteiger partial charge in [0, 0.05) is 36.3 Å². The van der Waals surface area contributed by atoms with E-state index in [4.69, 9.17) is 4.84 Å². The summed E-state index contributed by atoms with van der Waals surface area (Å²) in [5, 5.41) is 3.70. The molecule has 4 rings (SSSR count). The van der Waals surface area contributed by atoms with Crippen LogP contribution in [0.2, 0.25) is 0 Å². The topological polar surface area (TPSA) is 55.7 Å². The Balaban J connectivity index is 1.87. The fourth-order valence-corrected chi connectivity index (χ4v) is 5.04. The Morgan fingerprint density at radius 1 is 0.744 bits per heavy atom. The number of nitrogens with zero attached hydrogens (tertiary/aromatic N) is 1. The van der Waals surface area contributed by atoms with Gasteiger partial charge in [0.2, 0.25) is 5.78 Å². The van der Waals surface area contributed by atoms with E-state index in [0.717, 1.165) is 6.92 Å². The van der Waals surface area contributed by atoms with Gasteiger partial charge in [-0.1, -0.05) is 71.9 Å². The van der Waals surface area contributed by atoms with Gasteiger partial charge < -0.3 is 4.84 Å². The molecule has 0 N–H and O–H groups in total. The monoisotopic (exact) mass is 547 g/mol. The second-order valence-corrected chi connectivity index (χ2v) is 9.34. The van der Waals surface area contributed by atoms with E-state index in [9.17, 15) is 35.9 Å². The summed E-state index contributed by atoms with van der Waals surface area (Å²) in [6.45, 7) is 1.10. The van der Waals surface area contributed by atoms with E-state index >= 15 is 0 Å². The second-order valence-electron chi connectivity index (χ2n) is 9.34. The van der Waals surface area contributed by atoms with Crippen LogP contribution in [0, 0.1) is 0 Å². The third-order valence-corrected chi connectivity index (χ3v) is 6.73. The summed E-state index contributed by atoms with van der Waals surface area (Å²) in [5.74, 6) is -1.49. The van der Waals surface area contributed by atoms with Crippen LogP contribution in [0.25, 0.3) is 11.1 Å². The number of hydrogen-bond donors (Lipinski definition) is 0. The van der Waals surface area contributed by atoms with Crippen molar-refractivity contribution in [1.29, 1.82) is 0 Å². The molecule has 39 heavy (non-hydrogen) atoms. The number of Topliss-reactive ketones (excluding diaryl/α,β-unsaturated/α-hetero) is 1. The van der Waals surface area contributed by atoms with Gasteiger partial charge in [0.15, 0.2) is 5.71 Å². The number of carbonyl (C=O) groups is 2. The molecule has 0 heterocycles. The van der Waals surface area contributed by atoms with Gasteiger partial charge >= 0.3 is 18.3 Å². The van der Waals surface area contributed by atoms with Crippen LogP contribution in [-0.4, -0.2) is 29.8 Å². The molecule has 10 heteroatoms. The SMILES string of the molecule is CC(=O)O/N=C(/C(=O)c1ccc2c(c1)C(CCC(F)(F)F)(CCC(F)(F)F)c1ccccc1-2)c1ccccc1. The molecule has 0 aromatic heterocycles. The molecule has 1 aliphatic rings. The normalized spacial score (nSPS) is 14.5. The Labute approximate surface area is 220 Å². The maximum Gasteiger partial charge on any atom is 0.389 e. The van der Waals surface area contributed by atoms with E-state index in [-0.39, 0.29) is 16.8 Å². The zero-order valence-electron chi connectivity index (χ0n) is 20.7. The summed E-state index contributed by atoms with van der Waals surface area (Å²) in [6, 6.07) is 18.8. The van der Waals surface area contributed by atoms with Gasteiger partial charge in [0.05, 0.1) is 0 Å². The standard InChI is InChI=1S/C29H23F6NO3/c1-18(37)39-36-25(19-7-3-2-4-8-19)26(38)20-11-12-22-21-9-5-6-10-23(21)27(24(22)17-20,13-15-28(30,31)32)14-16-29(33,34)35/h2-12,17H,13-16H2,1H3/b36-25+. The van der Waals surface area contributed by atoms with E-state index < -0.39 is 55.2 Å². The van der Waals surface area contributed by atoms with Gasteiger partial charge in [-0.3, -0.25) is 4.79 Å². The molecule has 0 atom stereocenters. The summed E-state index contributed by atoms with van der Waals surface area (Å²) >= 11 is 0. The second kappa shape index (κ2) is 10.7. The minimum absolute atomic E-state index is 0.0142. The average molecular weight is 547 g/mol. The van der Waals surface area contributed by atoms with E-state index in [0.29, 0.717) is 22.3 Å². The lowest BCUT2D eigenvalue weighted by atomic mass is 9.71. The number of hydrogen-bond acceptors (Lipinski definition) is 4. The molecule has 0 radical (unpaired) electrons. The Morgan fingerprint density at radius 3 is 1.90 bits per heavy atom. The molecular formula is C29H23F6NO3. The predicted molar refractivity (Wildman–Crippen MR) is 132 cm³/mol. The lowest BCUT2D eigenvalue weighted by molar-refractivity contribution is -0.144. The third kappa shape index (κ3) is 6.21. The molecule has 0 aliphatic heterocycles. The summed E-state index contributed by atoms with van der Waals surface area (Å²) in [7, 11) is 0. The highest BCUT2D eigenvalue weighted by Gasteiger charge is 2.47. The van der Waals surface area contributed by atoms with Gasteiger partial charge in [-0.15, -0.1) is 0 Å². The van der Waals surface area contributed by atoms with Crippen LogP contribution >= 0.6 is 0 Å². The van der Waals surface area contributed by atoms with E-state index in [1.165, 1.54) is 18.2 Å². The van der Waals surface area contributed by atoms with Crippen molar-refractivity contribution in [1.82, 2.24) is 0 Å². The summed E-state index contributed by atoms with van der Waals surface area (Å²) < 4.78 is 80.5. The van der Waals surface area contributed by atoms with Crippen molar-refractivity contribution in [3.8, 4) is 11.1 Å². The van der Waals surface area contributed by atoms with Crippen molar-refractivity contribution in [2.24, 2.45) is 5.16 Å². The molecule has 0 saturated carbocycles. The highest BCUT2D eigenvalue weighted by molar-refractivity contribution is 6.51. The molecule has 0 fully saturated rings. The van der Waals surface area contributed by atoms with E-state index in [1.807, 2.05) is 0 Å². The van der Waals surface area contributed by atoms with Crippen molar-refractivity contribution in [3.63, 3.8) is 0 Å². The maximum absolute atomic E-state index is 13.6. The third-order valence-electron chi connectivity index (χ3n) is 6.73. The molecule has 204 valence electrons. The Bertz CT molecular complexity index is 1390. The van der Waals surface area contributed by atoms with Crippen LogP contribution in [-0.2, 0) is 15.0 Å². The maximum atomic E-state index is 13.6. The molecule has 0 bridgehead atoms. The van der Waals surface area contributed by atoms with Gasteiger partial charge in [-0.05, 0) is 41.2 Å². The Morgan fingerprint density at radius 2 is 1.31 bits per heavy atom. The lowest BCUT2D eigenvalue weighted by Gasteiger charge is -2.33. The van der Waals surface area contributed by atoms with Crippen LogP contribution < -0.4 is 0 Å². The molecule has 0 saturated heterocycles. The van der Waals surface area contributed by atoms with Crippen molar-refractivity contribution < 1.29 is 40.8 Å². The first-order valence-electron chi connectivity index (χ1n) is 12.0. The first-order chi connectivity index (χ1) is 18.3. The van der Waals surface area contributed by atoms with Crippen LogP contribution in [0.1, 0.15) is 59.7 Å². The van der Waals surface area contributed by atoms with E-state index in [1.54, 1.807) is 54.6 Å². The number of oxime groups is 1. The largest absolute Gasteiger partial charge is 0.389 e. The number of benzene rings is 3. The quantitative estimate of drug-likeness (QED) is 0.0951.